The number of rotatable bonds is 4. The molecule has 4 nitrogen and oxygen atoms in total. The third-order valence-electron chi connectivity index (χ3n) is 6.22. The van der Waals surface area contributed by atoms with E-state index in [1.165, 1.54) is 19.3 Å². The van der Waals surface area contributed by atoms with Gasteiger partial charge in [0.25, 0.3) is 0 Å². The van der Waals surface area contributed by atoms with E-state index in [-0.39, 0.29) is 17.6 Å². The van der Waals surface area contributed by atoms with Crippen LogP contribution in [-0.4, -0.2) is 40.9 Å². The molecule has 0 spiro atoms. The highest BCUT2D eigenvalue weighted by Crippen LogP contribution is 2.51. The Kier molecular flexibility index (Phi) is 4.72. The summed E-state index contributed by atoms with van der Waals surface area (Å²) in [5, 5.41) is 20.7. The maximum absolute atomic E-state index is 12.0. The minimum absolute atomic E-state index is 0.0588. The third kappa shape index (κ3) is 2.66. The van der Waals surface area contributed by atoms with Crippen LogP contribution in [0.15, 0.2) is 12.2 Å². The highest BCUT2D eigenvalue weighted by Gasteiger charge is 2.60. The summed E-state index contributed by atoms with van der Waals surface area (Å²) >= 11 is 0. The second-order valence-corrected chi connectivity index (χ2v) is 7.28. The Labute approximate surface area is 132 Å². The van der Waals surface area contributed by atoms with Crippen molar-refractivity contribution in [3.63, 3.8) is 0 Å². The lowest BCUT2D eigenvalue weighted by atomic mass is 9.55. The van der Waals surface area contributed by atoms with Crippen molar-refractivity contribution in [2.24, 2.45) is 17.8 Å². The van der Waals surface area contributed by atoms with Crippen molar-refractivity contribution in [1.82, 2.24) is 0 Å². The molecule has 3 rings (SSSR count). The zero-order valence-electron chi connectivity index (χ0n) is 13.4. The molecule has 3 aliphatic rings. The maximum atomic E-state index is 12.0. The molecule has 4 heteroatoms. The minimum atomic E-state index is -0.677. The van der Waals surface area contributed by atoms with Crippen molar-refractivity contribution in [3.05, 3.63) is 12.2 Å². The second kappa shape index (κ2) is 6.42. The Morgan fingerprint density at radius 3 is 2.64 bits per heavy atom. The molecule has 0 amide bonds. The number of aliphatic hydroxyl groups excluding tert-OH is 2. The van der Waals surface area contributed by atoms with Crippen molar-refractivity contribution in [2.45, 2.75) is 69.2 Å². The number of methoxy groups -OCH3 is 1. The lowest BCUT2D eigenvalue weighted by Gasteiger charge is -2.54. The number of aliphatic hydroxyl groups is 2. The number of carbonyl (C=O) groups excluding carboxylic acids is 1. The normalized spacial score (nSPS) is 41.2. The zero-order valence-corrected chi connectivity index (χ0v) is 13.4. The molecule has 22 heavy (non-hydrogen) atoms. The van der Waals surface area contributed by atoms with Crippen LogP contribution in [0.5, 0.6) is 0 Å². The quantitative estimate of drug-likeness (QED) is 0.782. The molecule has 3 fully saturated rings. The van der Waals surface area contributed by atoms with Gasteiger partial charge in [-0.1, -0.05) is 31.4 Å². The molecular formula is C18H28O4. The van der Waals surface area contributed by atoms with Gasteiger partial charge in [-0.3, -0.25) is 4.79 Å². The van der Waals surface area contributed by atoms with Gasteiger partial charge in [0.1, 0.15) is 5.60 Å². The van der Waals surface area contributed by atoms with E-state index in [0.717, 1.165) is 12.8 Å². The lowest BCUT2D eigenvalue weighted by molar-refractivity contribution is -0.191. The largest absolute Gasteiger partial charge is 0.393 e. The van der Waals surface area contributed by atoms with Crippen LogP contribution in [0.2, 0.25) is 0 Å². The fourth-order valence-electron chi connectivity index (χ4n) is 4.71. The predicted octanol–water partition coefficient (Wildman–Crippen LogP) is 2.23. The van der Waals surface area contributed by atoms with Crippen LogP contribution >= 0.6 is 0 Å². The molecule has 0 radical (unpaired) electrons. The summed E-state index contributed by atoms with van der Waals surface area (Å²) in [5.41, 5.74) is -0.677. The molecule has 0 aromatic carbocycles. The standard InChI is InChI=1S/C18H28O4/c1-22-18-10-9-16(20)13(14(18)11-17(18)21)7-8-15(19)12-5-3-2-4-6-12/h7-8,12-16,19-20H,2-6,9-11H2,1H3/t13-,14-,15-,16-,18-/m1/s1. The van der Waals surface area contributed by atoms with Crippen LogP contribution in [0, 0.1) is 17.8 Å². The number of ketones is 1. The van der Waals surface area contributed by atoms with Crippen molar-refractivity contribution in [3.8, 4) is 0 Å². The number of carbonyl (C=O) groups is 1. The van der Waals surface area contributed by atoms with Gasteiger partial charge in [-0.05, 0) is 31.6 Å². The van der Waals surface area contributed by atoms with Crippen LogP contribution < -0.4 is 0 Å². The predicted molar refractivity (Wildman–Crippen MR) is 83.3 cm³/mol. The smallest absolute Gasteiger partial charge is 0.165 e. The second-order valence-electron chi connectivity index (χ2n) is 7.28. The highest BCUT2D eigenvalue weighted by molar-refractivity contribution is 5.94. The van der Waals surface area contributed by atoms with Gasteiger partial charge in [-0.15, -0.1) is 0 Å². The average Bonchev–Trinajstić information content (AvgIpc) is 2.54. The third-order valence-corrected chi connectivity index (χ3v) is 6.22. The van der Waals surface area contributed by atoms with Gasteiger partial charge in [0.15, 0.2) is 5.78 Å². The molecular weight excluding hydrogens is 280 g/mol. The first kappa shape index (κ1) is 16.2. The molecule has 0 aromatic rings. The molecule has 0 heterocycles. The number of fused-ring (bicyclic) bond motifs is 1. The molecule has 0 aliphatic heterocycles. The number of ether oxygens (including phenoxy) is 1. The summed E-state index contributed by atoms with van der Waals surface area (Å²) in [6.45, 7) is 0. The number of Topliss-reactive ketones (excluding diaryl/α,β-unsaturated/α-hetero) is 1. The van der Waals surface area contributed by atoms with Gasteiger partial charge in [0, 0.05) is 25.4 Å². The topological polar surface area (TPSA) is 66.8 Å². The summed E-state index contributed by atoms with van der Waals surface area (Å²) in [6, 6.07) is 0. The van der Waals surface area contributed by atoms with Gasteiger partial charge in [0.2, 0.25) is 0 Å². The van der Waals surface area contributed by atoms with Gasteiger partial charge in [0.05, 0.1) is 12.2 Å². The molecule has 0 aromatic heterocycles. The van der Waals surface area contributed by atoms with E-state index in [1.807, 2.05) is 12.2 Å². The molecule has 5 atom stereocenters. The number of hydrogen-bond donors (Lipinski definition) is 2. The van der Waals surface area contributed by atoms with Gasteiger partial charge in [-0.25, -0.2) is 0 Å². The first-order chi connectivity index (χ1) is 10.6. The fourth-order valence-corrected chi connectivity index (χ4v) is 4.71. The molecule has 0 saturated heterocycles. The summed E-state index contributed by atoms with van der Waals surface area (Å²) in [4.78, 5) is 12.0. The van der Waals surface area contributed by atoms with Crippen molar-refractivity contribution >= 4 is 5.78 Å². The fraction of sp³-hybridized carbons (Fsp3) is 0.833. The van der Waals surface area contributed by atoms with E-state index >= 15 is 0 Å². The van der Waals surface area contributed by atoms with E-state index in [4.69, 9.17) is 4.74 Å². The first-order valence-corrected chi connectivity index (χ1v) is 8.71. The molecule has 3 saturated carbocycles. The zero-order chi connectivity index (χ0) is 15.7. The molecule has 0 unspecified atom stereocenters. The first-order valence-electron chi connectivity index (χ1n) is 8.71. The van der Waals surface area contributed by atoms with Crippen LogP contribution in [-0.2, 0) is 9.53 Å². The Morgan fingerprint density at radius 2 is 2.00 bits per heavy atom. The number of hydrogen-bond acceptors (Lipinski definition) is 4. The average molecular weight is 308 g/mol. The summed E-state index contributed by atoms with van der Waals surface area (Å²) in [6.07, 6.45) is 10.5. The Hall–Kier alpha value is -0.710. The summed E-state index contributed by atoms with van der Waals surface area (Å²) in [5.74, 6) is 0.493. The van der Waals surface area contributed by atoms with E-state index in [9.17, 15) is 15.0 Å². The molecule has 2 N–H and O–H groups in total. The van der Waals surface area contributed by atoms with E-state index < -0.39 is 17.8 Å². The Bertz CT molecular complexity index is 440. The highest BCUT2D eigenvalue weighted by atomic mass is 16.5. The van der Waals surface area contributed by atoms with Crippen LogP contribution in [0.4, 0.5) is 0 Å². The van der Waals surface area contributed by atoms with E-state index in [1.54, 1.807) is 7.11 Å². The van der Waals surface area contributed by atoms with Gasteiger partial charge in [-0.2, -0.15) is 0 Å². The Morgan fingerprint density at radius 1 is 1.27 bits per heavy atom. The SMILES string of the molecule is CO[C@]12CC[C@@H](O)[C@H](C=C[C@@H](O)C3CCCCC3)[C@H]1CC2=O. The Balaban J connectivity index is 1.67. The monoisotopic (exact) mass is 308 g/mol. The van der Waals surface area contributed by atoms with Crippen LogP contribution in [0.25, 0.3) is 0 Å². The van der Waals surface area contributed by atoms with E-state index in [0.29, 0.717) is 25.2 Å². The summed E-state index contributed by atoms with van der Waals surface area (Å²) < 4.78 is 5.53. The van der Waals surface area contributed by atoms with E-state index in [2.05, 4.69) is 0 Å². The maximum Gasteiger partial charge on any atom is 0.165 e. The van der Waals surface area contributed by atoms with Gasteiger partial charge >= 0.3 is 0 Å². The lowest BCUT2D eigenvalue weighted by Crippen LogP contribution is -2.64. The molecule has 0 bridgehead atoms. The van der Waals surface area contributed by atoms with Crippen molar-refractivity contribution in [2.75, 3.05) is 7.11 Å². The van der Waals surface area contributed by atoms with Crippen LogP contribution in [0.1, 0.15) is 51.4 Å². The van der Waals surface area contributed by atoms with Crippen molar-refractivity contribution < 1.29 is 19.7 Å². The van der Waals surface area contributed by atoms with Crippen LogP contribution in [0.3, 0.4) is 0 Å². The van der Waals surface area contributed by atoms with Crippen molar-refractivity contribution in [1.29, 1.82) is 0 Å². The minimum Gasteiger partial charge on any atom is -0.393 e. The van der Waals surface area contributed by atoms with Gasteiger partial charge < -0.3 is 14.9 Å². The summed E-state index contributed by atoms with van der Waals surface area (Å²) in [7, 11) is 1.60. The molecule has 124 valence electrons. The molecule has 3 aliphatic carbocycles.